The Morgan fingerprint density at radius 1 is 1.36 bits per heavy atom. The van der Waals surface area contributed by atoms with Gasteiger partial charge in [0.15, 0.2) is 22.1 Å². The third-order valence-electron chi connectivity index (χ3n) is 4.08. The zero-order valence-corrected chi connectivity index (χ0v) is 16.8. The van der Waals surface area contributed by atoms with Crippen molar-refractivity contribution in [1.29, 1.82) is 0 Å². The lowest BCUT2D eigenvalue weighted by molar-refractivity contribution is 0.0215. The number of hydrogen-bond acceptors (Lipinski definition) is 8. The summed E-state index contributed by atoms with van der Waals surface area (Å²) in [5.41, 5.74) is 1.17. The van der Waals surface area contributed by atoms with Crippen molar-refractivity contribution in [3.63, 3.8) is 0 Å². The van der Waals surface area contributed by atoms with Gasteiger partial charge in [-0.2, -0.15) is 0 Å². The Kier molecular flexibility index (Phi) is 6.47. The van der Waals surface area contributed by atoms with Crippen LogP contribution in [0.3, 0.4) is 0 Å². The van der Waals surface area contributed by atoms with E-state index in [1.54, 1.807) is 16.4 Å². The number of nitrogens with zero attached hydrogens (tertiary/aromatic N) is 5. The Morgan fingerprint density at radius 2 is 2.20 bits per heavy atom. The molecule has 0 aromatic carbocycles. The largest absolute Gasteiger partial charge is 0.390 e. The number of anilines is 1. The molecule has 2 aromatic rings. The fourth-order valence-electron chi connectivity index (χ4n) is 2.82. The van der Waals surface area contributed by atoms with Crippen molar-refractivity contribution in [2.45, 2.75) is 49.6 Å². The highest BCUT2D eigenvalue weighted by Crippen LogP contribution is 2.33. The molecular weight excluding hydrogens is 455 g/mol. The van der Waals surface area contributed by atoms with Crippen molar-refractivity contribution < 1.29 is 10.2 Å². The summed E-state index contributed by atoms with van der Waals surface area (Å²) in [7, 11) is 0. The highest BCUT2D eigenvalue weighted by molar-refractivity contribution is 14.1. The van der Waals surface area contributed by atoms with Gasteiger partial charge in [-0.15, -0.1) is 5.10 Å². The zero-order valence-electron chi connectivity index (χ0n) is 13.8. The summed E-state index contributed by atoms with van der Waals surface area (Å²) in [6.45, 7) is 2.74. The van der Waals surface area contributed by atoms with E-state index in [1.807, 2.05) is 10.2 Å². The molecule has 1 saturated carbocycles. The Labute approximate surface area is 163 Å². The molecule has 0 unspecified atom stereocenters. The van der Waals surface area contributed by atoms with Crippen LogP contribution in [0.4, 0.5) is 5.82 Å². The van der Waals surface area contributed by atoms with E-state index in [0.29, 0.717) is 41.5 Å². The predicted molar refractivity (Wildman–Crippen MR) is 106 cm³/mol. The smallest absolute Gasteiger partial charge is 0.191 e. The predicted octanol–water partition coefficient (Wildman–Crippen LogP) is 2.14. The summed E-state index contributed by atoms with van der Waals surface area (Å²) in [6, 6.07) is -0.319. The molecule has 0 aliphatic heterocycles. The van der Waals surface area contributed by atoms with E-state index in [9.17, 15) is 10.2 Å². The fourth-order valence-corrected chi connectivity index (χ4v) is 3.77. The molecule has 25 heavy (non-hydrogen) atoms. The molecule has 0 amide bonds. The van der Waals surface area contributed by atoms with E-state index in [4.69, 9.17) is 0 Å². The Balaban J connectivity index is 2.00. The lowest BCUT2D eigenvalue weighted by Crippen LogP contribution is -2.28. The number of aliphatic hydroxyl groups excluding tert-OH is 2. The van der Waals surface area contributed by atoms with Gasteiger partial charge in [-0.25, -0.2) is 14.6 Å². The van der Waals surface area contributed by atoms with Crippen LogP contribution in [0, 0.1) is 0 Å². The van der Waals surface area contributed by atoms with E-state index < -0.39 is 12.2 Å². The third-order valence-corrected chi connectivity index (χ3v) is 5.64. The molecule has 3 atom stereocenters. The molecule has 8 nitrogen and oxygen atoms in total. The molecular formula is C15H21IN6O2S. The highest BCUT2D eigenvalue weighted by Gasteiger charge is 2.36. The third kappa shape index (κ3) is 4.07. The van der Waals surface area contributed by atoms with Gasteiger partial charge in [0.2, 0.25) is 0 Å². The zero-order chi connectivity index (χ0) is 17.8. The van der Waals surface area contributed by atoms with Gasteiger partial charge in [0.1, 0.15) is 6.10 Å². The van der Waals surface area contributed by atoms with Crippen LogP contribution in [0.2, 0.25) is 0 Å². The summed E-state index contributed by atoms with van der Waals surface area (Å²) in [5, 5.41) is 32.4. The van der Waals surface area contributed by atoms with Crippen LogP contribution in [0.5, 0.6) is 0 Å². The van der Waals surface area contributed by atoms with Crippen molar-refractivity contribution in [1.82, 2.24) is 25.0 Å². The van der Waals surface area contributed by atoms with Crippen LogP contribution >= 0.6 is 34.4 Å². The summed E-state index contributed by atoms with van der Waals surface area (Å²) in [6.07, 6.45) is 2.60. The van der Waals surface area contributed by atoms with Crippen LogP contribution in [-0.4, -0.2) is 59.7 Å². The topological polar surface area (TPSA) is 109 Å². The quantitative estimate of drug-likeness (QED) is 0.317. The summed E-state index contributed by atoms with van der Waals surface area (Å²) >= 11 is 3.75. The molecule has 0 bridgehead atoms. The van der Waals surface area contributed by atoms with Gasteiger partial charge < -0.3 is 15.5 Å². The standard InChI is InChI=1S/C15H21IN6O2S/c1-2-8-25-15-18-13(17-7-3-6-16)11-14(19-15)22(21-20-11)9-4-5-10(23)12(9)24/h3,6,9-10,12,23-24H,2,4-5,7-8H2,1H3,(H,17,18,19)/b6-3+/t9-,10-,12+/m1/s1. The second-order valence-electron chi connectivity index (χ2n) is 5.85. The summed E-state index contributed by atoms with van der Waals surface area (Å²) in [5.74, 6) is 1.56. The van der Waals surface area contributed by atoms with Crippen molar-refractivity contribution in [2.75, 3.05) is 17.6 Å². The molecule has 0 spiro atoms. The average molecular weight is 476 g/mol. The normalized spacial score (nSPS) is 23.8. The van der Waals surface area contributed by atoms with E-state index in [2.05, 4.69) is 55.1 Å². The van der Waals surface area contributed by atoms with Crippen LogP contribution in [0.1, 0.15) is 32.2 Å². The molecule has 1 fully saturated rings. The SMILES string of the molecule is CCCSc1nc(NC/C=C/I)c2nnn([C@@H]3CC[C@@H](O)[C@H]3O)c2n1. The first-order chi connectivity index (χ1) is 12.2. The number of thioether (sulfide) groups is 1. The number of aromatic nitrogens is 5. The second kappa shape index (κ2) is 8.60. The molecule has 0 radical (unpaired) electrons. The van der Waals surface area contributed by atoms with Crippen LogP contribution < -0.4 is 5.32 Å². The monoisotopic (exact) mass is 476 g/mol. The van der Waals surface area contributed by atoms with Gasteiger partial charge in [-0.3, -0.25) is 0 Å². The minimum atomic E-state index is -0.857. The van der Waals surface area contributed by atoms with Crippen LogP contribution in [-0.2, 0) is 0 Å². The molecule has 1 aliphatic carbocycles. The maximum absolute atomic E-state index is 10.2. The molecule has 3 N–H and O–H groups in total. The number of rotatable bonds is 7. The fraction of sp³-hybridized carbons (Fsp3) is 0.600. The van der Waals surface area contributed by atoms with Gasteiger partial charge in [-0.1, -0.05) is 52.6 Å². The molecule has 1 aliphatic rings. The Morgan fingerprint density at radius 3 is 2.88 bits per heavy atom. The summed E-state index contributed by atoms with van der Waals surface area (Å²) in [4.78, 5) is 9.16. The highest BCUT2D eigenvalue weighted by atomic mass is 127. The van der Waals surface area contributed by atoms with E-state index >= 15 is 0 Å². The van der Waals surface area contributed by atoms with Gasteiger partial charge in [-0.05, 0) is 23.3 Å². The molecule has 3 rings (SSSR count). The molecule has 0 saturated heterocycles. The first kappa shape index (κ1) is 18.8. The van der Waals surface area contributed by atoms with Gasteiger partial charge in [0.05, 0.1) is 12.1 Å². The maximum Gasteiger partial charge on any atom is 0.191 e. The number of hydrogen-bond donors (Lipinski definition) is 3. The minimum Gasteiger partial charge on any atom is -0.390 e. The van der Waals surface area contributed by atoms with Crippen LogP contribution in [0.25, 0.3) is 11.2 Å². The average Bonchev–Trinajstić information content (AvgIpc) is 3.17. The van der Waals surface area contributed by atoms with Gasteiger partial charge in [0, 0.05) is 12.3 Å². The summed E-state index contributed by atoms with van der Waals surface area (Å²) < 4.78 is 3.57. The lowest BCUT2D eigenvalue weighted by atomic mass is 10.2. The number of fused-ring (bicyclic) bond motifs is 1. The van der Waals surface area contributed by atoms with Crippen molar-refractivity contribution in [3.8, 4) is 0 Å². The molecule has 2 aromatic heterocycles. The number of nitrogens with one attached hydrogen (secondary N) is 1. The number of halogens is 1. The first-order valence-electron chi connectivity index (χ1n) is 8.26. The molecule has 136 valence electrons. The van der Waals surface area contributed by atoms with E-state index in [-0.39, 0.29) is 6.04 Å². The van der Waals surface area contributed by atoms with Crippen molar-refractivity contribution in [3.05, 3.63) is 10.2 Å². The van der Waals surface area contributed by atoms with E-state index in [1.165, 1.54) is 0 Å². The maximum atomic E-state index is 10.2. The van der Waals surface area contributed by atoms with Crippen molar-refractivity contribution in [2.24, 2.45) is 0 Å². The van der Waals surface area contributed by atoms with Crippen LogP contribution in [0.15, 0.2) is 15.3 Å². The number of aliphatic hydroxyl groups is 2. The van der Waals surface area contributed by atoms with Gasteiger partial charge in [0.25, 0.3) is 0 Å². The molecule has 10 heteroatoms. The lowest BCUT2D eigenvalue weighted by Gasteiger charge is -2.16. The Hall–Kier alpha value is -0.980. The first-order valence-corrected chi connectivity index (χ1v) is 10.5. The molecule has 2 heterocycles. The second-order valence-corrected chi connectivity index (χ2v) is 7.64. The Bertz CT molecular complexity index is 755. The van der Waals surface area contributed by atoms with E-state index in [0.717, 1.165) is 12.2 Å². The van der Waals surface area contributed by atoms with Crippen molar-refractivity contribution >= 4 is 51.3 Å². The van der Waals surface area contributed by atoms with Gasteiger partial charge >= 0.3 is 0 Å². The minimum absolute atomic E-state index is 0.319.